The third-order valence-corrected chi connectivity index (χ3v) is 2.76. The summed E-state index contributed by atoms with van der Waals surface area (Å²) in [4.78, 5) is 22.6. The molecule has 0 bridgehead atoms. The number of hydrogen-bond acceptors (Lipinski definition) is 5. The molecule has 0 aromatic carbocycles. The maximum atomic E-state index is 12.1. The van der Waals surface area contributed by atoms with Gasteiger partial charge in [-0.05, 0) is 6.42 Å². The van der Waals surface area contributed by atoms with Gasteiger partial charge in [0, 0.05) is 19.5 Å². The topological polar surface area (TPSA) is 82.5 Å². The molecular weight excluding hydrogens is 276 g/mol. The number of esters is 1. The van der Waals surface area contributed by atoms with Gasteiger partial charge in [-0.2, -0.15) is 13.9 Å². The molecule has 1 N–H and O–H groups in total. The lowest BCUT2D eigenvalue weighted by Crippen LogP contribution is -2.30. The minimum absolute atomic E-state index is 0.0200. The number of rotatable bonds is 5. The number of alkyl halides is 2. The van der Waals surface area contributed by atoms with Crippen molar-refractivity contribution >= 4 is 11.9 Å². The van der Waals surface area contributed by atoms with Gasteiger partial charge in [-0.15, -0.1) is 0 Å². The van der Waals surface area contributed by atoms with Crippen LogP contribution in [0.2, 0.25) is 0 Å². The average Bonchev–Trinajstić information content (AvgIpc) is 2.93. The fourth-order valence-electron chi connectivity index (χ4n) is 1.80. The lowest BCUT2D eigenvalue weighted by molar-refractivity contribution is -0.119. The maximum absolute atomic E-state index is 12.1. The van der Waals surface area contributed by atoms with Crippen molar-refractivity contribution in [1.82, 2.24) is 15.1 Å². The molecule has 110 valence electrons. The Labute approximate surface area is 112 Å². The number of nitrogens with zero attached hydrogens (tertiary/aromatic N) is 2. The number of carbonyl (C=O) groups excluding carboxylic acids is 2. The highest BCUT2D eigenvalue weighted by Gasteiger charge is 2.23. The molecule has 0 saturated carbocycles. The molecule has 0 spiro atoms. The van der Waals surface area contributed by atoms with Gasteiger partial charge in [-0.1, -0.05) is 0 Å². The van der Waals surface area contributed by atoms with Crippen molar-refractivity contribution in [3.63, 3.8) is 0 Å². The molecule has 1 aromatic rings. The molecule has 9 heteroatoms. The van der Waals surface area contributed by atoms with Crippen LogP contribution in [-0.4, -0.2) is 40.9 Å². The number of aryl methyl sites for hydroxylation is 1. The molecule has 2 rings (SSSR count). The molecule has 1 unspecified atom stereocenters. The summed E-state index contributed by atoms with van der Waals surface area (Å²) in [6.07, 6.45) is 0.992. The molecule has 1 saturated heterocycles. The first-order valence-corrected chi connectivity index (χ1v) is 5.91. The SMILES string of the molecule is Cn1nc(C(=O)OCC2CCC(=O)N2)cc1OC(F)F. The number of ether oxygens (including phenoxy) is 2. The molecule has 1 aliphatic heterocycles. The van der Waals surface area contributed by atoms with E-state index in [9.17, 15) is 18.4 Å². The zero-order valence-electron chi connectivity index (χ0n) is 10.6. The molecule has 1 amide bonds. The Hall–Kier alpha value is -2.19. The number of nitrogens with one attached hydrogen (secondary N) is 1. The summed E-state index contributed by atoms with van der Waals surface area (Å²) >= 11 is 0. The fourth-order valence-corrected chi connectivity index (χ4v) is 1.80. The Morgan fingerprint density at radius 2 is 2.40 bits per heavy atom. The van der Waals surface area contributed by atoms with Gasteiger partial charge >= 0.3 is 12.6 Å². The van der Waals surface area contributed by atoms with Crippen LogP contribution in [-0.2, 0) is 16.6 Å². The first kappa shape index (κ1) is 14.2. The maximum Gasteiger partial charge on any atom is 0.388 e. The summed E-state index contributed by atoms with van der Waals surface area (Å²) in [6.45, 7) is -2.98. The Balaban J connectivity index is 1.90. The zero-order valence-corrected chi connectivity index (χ0v) is 10.6. The zero-order chi connectivity index (χ0) is 14.7. The second-order valence-electron chi connectivity index (χ2n) is 4.27. The van der Waals surface area contributed by atoms with E-state index in [0.29, 0.717) is 12.8 Å². The lowest BCUT2D eigenvalue weighted by Gasteiger charge is -2.09. The van der Waals surface area contributed by atoms with Gasteiger partial charge < -0.3 is 14.8 Å². The van der Waals surface area contributed by atoms with Gasteiger partial charge in [0.25, 0.3) is 0 Å². The van der Waals surface area contributed by atoms with Crippen LogP contribution in [0.3, 0.4) is 0 Å². The third-order valence-electron chi connectivity index (χ3n) is 2.76. The summed E-state index contributed by atoms with van der Waals surface area (Å²) in [5.41, 5.74) is -0.132. The number of carbonyl (C=O) groups is 2. The van der Waals surface area contributed by atoms with E-state index in [4.69, 9.17) is 4.74 Å². The number of halogens is 2. The Bertz CT molecular complexity index is 518. The van der Waals surface area contributed by atoms with E-state index in [1.54, 1.807) is 0 Å². The van der Waals surface area contributed by atoms with Gasteiger partial charge in [0.1, 0.15) is 6.61 Å². The summed E-state index contributed by atoms with van der Waals surface area (Å²) in [7, 11) is 1.37. The lowest BCUT2D eigenvalue weighted by atomic mass is 10.2. The number of amides is 1. The summed E-state index contributed by atoms with van der Waals surface area (Å²) in [6, 6.07) is 0.855. The Morgan fingerprint density at radius 1 is 1.65 bits per heavy atom. The fraction of sp³-hybridized carbons (Fsp3) is 0.545. The quantitative estimate of drug-likeness (QED) is 0.796. The second kappa shape index (κ2) is 5.85. The normalized spacial score (nSPS) is 18.2. The Morgan fingerprint density at radius 3 is 3.00 bits per heavy atom. The van der Waals surface area contributed by atoms with Crippen LogP contribution in [0.5, 0.6) is 5.88 Å². The van der Waals surface area contributed by atoms with Gasteiger partial charge in [-0.3, -0.25) is 4.79 Å². The highest BCUT2D eigenvalue weighted by Crippen LogP contribution is 2.16. The molecule has 1 aliphatic rings. The van der Waals surface area contributed by atoms with Crippen LogP contribution < -0.4 is 10.1 Å². The number of aromatic nitrogens is 2. The largest absolute Gasteiger partial charge is 0.459 e. The van der Waals surface area contributed by atoms with Gasteiger partial charge in [0.15, 0.2) is 5.69 Å². The first-order chi connectivity index (χ1) is 9.45. The third kappa shape index (κ3) is 3.43. The van der Waals surface area contributed by atoms with E-state index in [0.717, 1.165) is 10.7 Å². The molecular formula is C11H13F2N3O4. The van der Waals surface area contributed by atoms with Crippen molar-refractivity contribution in [3.05, 3.63) is 11.8 Å². The number of hydrogen-bond donors (Lipinski definition) is 1. The molecule has 1 aromatic heterocycles. The van der Waals surface area contributed by atoms with Crippen LogP contribution in [0.4, 0.5) is 8.78 Å². The van der Waals surface area contributed by atoms with Crippen molar-refractivity contribution in [1.29, 1.82) is 0 Å². The van der Waals surface area contributed by atoms with E-state index >= 15 is 0 Å². The van der Waals surface area contributed by atoms with Crippen molar-refractivity contribution in [2.45, 2.75) is 25.5 Å². The van der Waals surface area contributed by atoms with E-state index in [1.165, 1.54) is 7.05 Å². The monoisotopic (exact) mass is 289 g/mol. The van der Waals surface area contributed by atoms with Crippen molar-refractivity contribution in [3.8, 4) is 5.88 Å². The van der Waals surface area contributed by atoms with Crippen LogP contribution in [0.25, 0.3) is 0 Å². The molecule has 7 nitrogen and oxygen atoms in total. The molecule has 20 heavy (non-hydrogen) atoms. The molecule has 0 aliphatic carbocycles. The summed E-state index contributed by atoms with van der Waals surface area (Å²) in [5.74, 6) is -1.08. The first-order valence-electron chi connectivity index (χ1n) is 5.91. The van der Waals surface area contributed by atoms with Crippen LogP contribution in [0.1, 0.15) is 23.3 Å². The molecule has 1 fully saturated rings. The van der Waals surface area contributed by atoms with Gasteiger partial charge in [0.05, 0.1) is 6.04 Å². The molecule has 1 atom stereocenters. The van der Waals surface area contributed by atoms with Crippen molar-refractivity contribution in [2.75, 3.05) is 6.61 Å². The van der Waals surface area contributed by atoms with Crippen molar-refractivity contribution < 1.29 is 27.8 Å². The predicted molar refractivity (Wildman–Crippen MR) is 61.3 cm³/mol. The summed E-state index contributed by atoms with van der Waals surface area (Å²) in [5, 5.41) is 6.36. The Kier molecular flexibility index (Phi) is 4.16. The van der Waals surface area contributed by atoms with Gasteiger partial charge in [-0.25, -0.2) is 9.48 Å². The smallest absolute Gasteiger partial charge is 0.388 e. The van der Waals surface area contributed by atoms with E-state index in [2.05, 4.69) is 15.2 Å². The van der Waals surface area contributed by atoms with Crippen LogP contribution >= 0.6 is 0 Å². The second-order valence-corrected chi connectivity index (χ2v) is 4.27. The van der Waals surface area contributed by atoms with Gasteiger partial charge in [0.2, 0.25) is 11.8 Å². The highest BCUT2D eigenvalue weighted by atomic mass is 19.3. The molecule has 0 radical (unpaired) electrons. The minimum atomic E-state index is -3.00. The van der Waals surface area contributed by atoms with E-state index in [1.807, 2.05) is 0 Å². The van der Waals surface area contributed by atoms with E-state index < -0.39 is 12.6 Å². The minimum Gasteiger partial charge on any atom is -0.459 e. The molecule has 2 heterocycles. The van der Waals surface area contributed by atoms with E-state index in [-0.39, 0.29) is 30.1 Å². The average molecular weight is 289 g/mol. The van der Waals surface area contributed by atoms with Crippen LogP contribution in [0.15, 0.2) is 6.07 Å². The van der Waals surface area contributed by atoms with Crippen molar-refractivity contribution in [2.24, 2.45) is 7.05 Å². The predicted octanol–water partition coefficient (Wildman–Crippen LogP) is 0.457. The van der Waals surface area contributed by atoms with Crippen LogP contribution in [0, 0.1) is 0 Å². The highest BCUT2D eigenvalue weighted by molar-refractivity contribution is 5.87. The standard InChI is InChI=1S/C11H13F2N3O4/c1-16-9(20-11(12)13)4-7(15-16)10(18)19-5-6-2-3-8(17)14-6/h4,6,11H,2-3,5H2,1H3,(H,14,17). The summed E-state index contributed by atoms with van der Waals surface area (Å²) < 4.78 is 34.3.